The quantitative estimate of drug-likeness (QED) is 0.698. The summed E-state index contributed by atoms with van der Waals surface area (Å²) in [6.07, 6.45) is -2.52. The van der Waals surface area contributed by atoms with E-state index in [2.05, 4.69) is 20.9 Å². The number of aryl methyl sites for hydroxylation is 1. The summed E-state index contributed by atoms with van der Waals surface area (Å²) in [6, 6.07) is 1.36. The van der Waals surface area contributed by atoms with E-state index in [-0.39, 0.29) is 16.4 Å². The molecule has 5 heteroatoms. The SMILES string of the molecule is Cc1nc(Cl)cc(Br)c1C(F)F. The third kappa shape index (κ3) is 1.93. The fourth-order valence-electron chi connectivity index (χ4n) is 0.870. The standard InChI is InChI=1S/C7H5BrClF2N/c1-3-6(7(10)11)4(8)2-5(9)12-3/h2,7H,1H3. The third-order valence-corrected chi connectivity index (χ3v) is 2.24. The largest absolute Gasteiger partial charge is 0.266 e. The van der Waals surface area contributed by atoms with E-state index in [1.165, 1.54) is 13.0 Å². The molecule has 0 aliphatic carbocycles. The van der Waals surface area contributed by atoms with E-state index in [0.717, 1.165) is 0 Å². The second-order valence-electron chi connectivity index (χ2n) is 2.23. The molecule has 0 aromatic carbocycles. The van der Waals surface area contributed by atoms with Gasteiger partial charge in [-0.05, 0) is 13.0 Å². The molecule has 0 unspecified atom stereocenters. The van der Waals surface area contributed by atoms with Crippen LogP contribution in [-0.2, 0) is 0 Å². The molecule has 66 valence electrons. The van der Waals surface area contributed by atoms with Crippen molar-refractivity contribution in [2.75, 3.05) is 0 Å². The summed E-state index contributed by atoms with van der Waals surface area (Å²) >= 11 is 8.53. The van der Waals surface area contributed by atoms with Crippen LogP contribution in [0.25, 0.3) is 0 Å². The Morgan fingerprint density at radius 2 is 2.17 bits per heavy atom. The van der Waals surface area contributed by atoms with Crippen LogP contribution in [-0.4, -0.2) is 4.98 Å². The smallest absolute Gasteiger partial charge is 0.241 e. The first-order chi connectivity index (χ1) is 5.52. The molecule has 1 aromatic rings. The van der Waals surface area contributed by atoms with E-state index in [1.54, 1.807) is 0 Å². The van der Waals surface area contributed by atoms with Gasteiger partial charge < -0.3 is 0 Å². The average Bonchev–Trinajstić information content (AvgIpc) is 1.82. The van der Waals surface area contributed by atoms with E-state index in [0.29, 0.717) is 4.47 Å². The van der Waals surface area contributed by atoms with Crippen molar-refractivity contribution in [1.82, 2.24) is 4.98 Å². The van der Waals surface area contributed by atoms with Crippen LogP contribution in [0.1, 0.15) is 17.7 Å². The molecule has 0 spiro atoms. The number of rotatable bonds is 1. The Kier molecular flexibility index (Phi) is 3.01. The van der Waals surface area contributed by atoms with E-state index in [4.69, 9.17) is 11.6 Å². The average molecular weight is 256 g/mol. The van der Waals surface area contributed by atoms with Gasteiger partial charge in [0.15, 0.2) is 0 Å². The molecular formula is C7H5BrClF2N. The Hall–Kier alpha value is -0.220. The summed E-state index contributed by atoms with van der Waals surface area (Å²) in [6.45, 7) is 1.50. The van der Waals surface area contributed by atoms with Crippen molar-refractivity contribution in [2.45, 2.75) is 13.3 Å². The number of hydrogen-bond donors (Lipinski definition) is 0. The van der Waals surface area contributed by atoms with Gasteiger partial charge in [0.1, 0.15) is 5.15 Å². The van der Waals surface area contributed by atoms with Gasteiger partial charge in [-0.15, -0.1) is 0 Å². The highest BCUT2D eigenvalue weighted by Gasteiger charge is 2.16. The minimum absolute atomic E-state index is 0.0978. The van der Waals surface area contributed by atoms with Gasteiger partial charge in [-0.3, -0.25) is 0 Å². The van der Waals surface area contributed by atoms with Crippen LogP contribution in [0.4, 0.5) is 8.78 Å². The van der Waals surface area contributed by atoms with E-state index < -0.39 is 6.43 Å². The number of pyridine rings is 1. The number of alkyl halides is 2. The zero-order valence-electron chi connectivity index (χ0n) is 6.11. The van der Waals surface area contributed by atoms with Gasteiger partial charge in [0, 0.05) is 10.2 Å². The molecule has 0 saturated heterocycles. The van der Waals surface area contributed by atoms with E-state index >= 15 is 0 Å². The fourth-order valence-corrected chi connectivity index (χ4v) is 1.91. The normalized spacial score (nSPS) is 10.8. The molecule has 1 nitrogen and oxygen atoms in total. The Labute approximate surface area is 81.9 Å². The molecule has 0 N–H and O–H groups in total. The lowest BCUT2D eigenvalue weighted by Gasteiger charge is -2.06. The maximum Gasteiger partial charge on any atom is 0.266 e. The van der Waals surface area contributed by atoms with Crippen molar-refractivity contribution in [2.24, 2.45) is 0 Å². The highest BCUT2D eigenvalue weighted by molar-refractivity contribution is 9.10. The van der Waals surface area contributed by atoms with Crippen molar-refractivity contribution in [3.8, 4) is 0 Å². The number of halogens is 4. The molecule has 1 aromatic heterocycles. The number of nitrogens with zero attached hydrogens (tertiary/aromatic N) is 1. The fraction of sp³-hybridized carbons (Fsp3) is 0.286. The zero-order chi connectivity index (χ0) is 9.30. The molecule has 0 aliphatic rings. The summed E-state index contributed by atoms with van der Waals surface area (Å²) < 4.78 is 24.9. The first-order valence-corrected chi connectivity index (χ1v) is 4.30. The number of hydrogen-bond acceptors (Lipinski definition) is 1. The summed E-state index contributed by atoms with van der Waals surface area (Å²) in [5.41, 5.74) is 0.156. The topological polar surface area (TPSA) is 12.9 Å². The summed E-state index contributed by atoms with van der Waals surface area (Å²) in [5.74, 6) is 0. The van der Waals surface area contributed by atoms with E-state index in [9.17, 15) is 8.78 Å². The van der Waals surface area contributed by atoms with Crippen LogP contribution in [0.5, 0.6) is 0 Å². The van der Waals surface area contributed by atoms with Crippen molar-refractivity contribution in [3.05, 3.63) is 26.9 Å². The van der Waals surface area contributed by atoms with Gasteiger partial charge in [0.2, 0.25) is 0 Å². The van der Waals surface area contributed by atoms with Crippen LogP contribution in [0.2, 0.25) is 5.15 Å². The zero-order valence-corrected chi connectivity index (χ0v) is 8.46. The molecule has 0 radical (unpaired) electrons. The highest BCUT2D eigenvalue weighted by Crippen LogP contribution is 2.30. The summed E-state index contributed by atoms with van der Waals surface area (Å²) in [5, 5.41) is 0.212. The van der Waals surface area contributed by atoms with Gasteiger partial charge in [0.25, 0.3) is 6.43 Å². The van der Waals surface area contributed by atoms with Crippen LogP contribution < -0.4 is 0 Å². The summed E-state index contributed by atoms with van der Waals surface area (Å²) in [4.78, 5) is 3.71. The van der Waals surface area contributed by atoms with Gasteiger partial charge in [-0.2, -0.15) is 0 Å². The van der Waals surface area contributed by atoms with Gasteiger partial charge in [-0.25, -0.2) is 13.8 Å². The predicted molar refractivity (Wildman–Crippen MR) is 46.6 cm³/mol. The molecule has 0 amide bonds. The lowest BCUT2D eigenvalue weighted by Crippen LogP contribution is -1.94. The van der Waals surface area contributed by atoms with Crippen LogP contribution >= 0.6 is 27.5 Å². The van der Waals surface area contributed by atoms with Crippen molar-refractivity contribution >= 4 is 27.5 Å². The van der Waals surface area contributed by atoms with Gasteiger partial charge in [0.05, 0.1) is 5.56 Å². The monoisotopic (exact) mass is 255 g/mol. The Morgan fingerprint density at radius 1 is 1.58 bits per heavy atom. The van der Waals surface area contributed by atoms with Crippen molar-refractivity contribution in [3.63, 3.8) is 0 Å². The highest BCUT2D eigenvalue weighted by atomic mass is 79.9. The molecule has 0 bridgehead atoms. The van der Waals surface area contributed by atoms with E-state index in [1.807, 2.05) is 0 Å². The van der Waals surface area contributed by atoms with Gasteiger partial charge >= 0.3 is 0 Å². The molecule has 0 aliphatic heterocycles. The maximum atomic E-state index is 12.3. The molecular weight excluding hydrogens is 251 g/mol. The molecule has 0 fully saturated rings. The molecule has 1 rings (SSSR count). The van der Waals surface area contributed by atoms with Crippen LogP contribution in [0.15, 0.2) is 10.5 Å². The Bertz CT molecular complexity index is 280. The minimum Gasteiger partial charge on any atom is -0.241 e. The first kappa shape index (κ1) is 9.86. The minimum atomic E-state index is -2.52. The Balaban J connectivity index is 3.28. The lowest BCUT2D eigenvalue weighted by atomic mass is 10.2. The second-order valence-corrected chi connectivity index (χ2v) is 3.47. The lowest BCUT2D eigenvalue weighted by molar-refractivity contribution is 0.149. The maximum absolute atomic E-state index is 12.3. The van der Waals surface area contributed by atoms with Crippen molar-refractivity contribution < 1.29 is 8.78 Å². The second kappa shape index (κ2) is 3.66. The molecule has 0 atom stereocenters. The summed E-state index contributed by atoms with van der Waals surface area (Å²) in [7, 11) is 0. The van der Waals surface area contributed by atoms with Gasteiger partial charge in [-0.1, -0.05) is 27.5 Å². The van der Waals surface area contributed by atoms with Crippen LogP contribution in [0.3, 0.4) is 0 Å². The molecule has 12 heavy (non-hydrogen) atoms. The third-order valence-electron chi connectivity index (χ3n) is 1.39. The number of aromatic nitrogens is 1. The molecule has 1 heterocycles. The predicted octanol–water partition coefficient (Wildman–Crippen LogP) is 3.74. The van der Waals surface area contributed by atoms with Crippen LogP contribution in [0, 0.1) is 6.92 Å². The Morgan fingerprint density at radius 3 is 2.58 bits per heavy atom. The first-order valence-electron chi connectivity index (χ1n) is 3.13. The van der Waals surface area contributed by atoms with Crippen molar-refractivity contribution in [1.29, 1.82) is 0 Å². The molecule has 0 saturated carbocycles.